The molecule has 1 aliphatic carbocycles. The quantitative estimate of drug-likeness (QED) is 0.414. The lowest BCUT2D eigenvalue weighted by Crippen LogP contribution is -2.46. The molecule has 0 spiro atoms. The molecule has 1 aromatic rings. The Kier molecular flexibility index (Phi) is 7.37. The lowest BCUT2D eigenvalue weighted by molar-refractivity contribution is 0.131. The summed E-state index contributed by atoms with van der Waals surface area (Å²) in [5.74, 6) is 1.73. The molecule has 0 amide bonds. The predicted octanol–water partition coefficient (Wildman–Crippen LogP) is 2.96. The SMILES string of the molecule is CCC1(CNC(=NC)NCc2cccc(OCCOC)c2)CCC1. The zero-order valence-corrected chi connectivity index (χ0v) is 15.2. The zero-order valence-electron chi connectivity index (χ0n) is 15.2. The highest BCUT2D eigenvalue weighted by Gasteiger charge is 2.34. The molecule has 5 heteroatoms. The number of aliphatic imine (C=N–C) groups is 1. The predicted molar refractivity (Wildman–Crippen MR) is 98.6 cm³/mol. The van der Waals surface area contributed by atoms with E-state index in [2.05, 4.69) is 34.7 Å². The molecule has 0 unspecified atom stereocenters. The maximum atomic E-state index is 5.65. The second kappa shape index (κ2) is 9.52. The molecule has 0 atom stereocenters. The molecule has 24 heavy (non-hydrogen) atoms. The highest BCUT2D eigenvalue weighted by Crippen LogP contribution is 2.42. The zero-order chi connectivity index (χ0) is 17.3. The summed E-state index contributed by atoms with van der Waals surface area (Å²) in [7, 11) is 3.49. The standard InChI is InChI=1S/C19H31N3O2/c1-4-19(9-6-10-19)15-22-18(20-2)21-14-16-7-5-8-17(13-16)24-12-11-23-3/h5,7-8,13H,4,6,9-12,14-15H2,1-3H3,(H2,20,21,22). The Balaban J connectivity index is 1.79. The Morgan fingerprint density at radius 2 is 2.08 bits per heavy atom. The van der Waals surface area contributed by atoms with Gasteiger partial charge in [-0.05, 0) is 42.4 Å². The number of ether oxygens (including phenoxy) is 2. The Hall–Kier alpha value is -1.75. The number of hydrogen-bond donors (Lipinski definition) is 2. The van der Waals surface area contributed by atoms with Gasteiger partial charge in [-0.2, -0.15) is 0 Å². The van der Waals surface area contributed by atoms with Gasteiger partial charge in [0.15, 0.2) is 5.96 Å². The molecule has 1 aliphatic rings. The lowest BCUT2D eigenvalue weighted by atomic mass is 9.67. The molecular formula is C19H31N3O2. The number of nitrogens with zero attached hydrogens (tertiary/aromatic N) is 1. The summed E-state index contributed by atoms with van der Waals surface area (Å²) in [6.07, 6.45) is 5.25. The average Bonchev–Trinajstić information content (AvgIpc) is 2.57. The first kappa shape index (κ1) is 18.6. The van der Waals surface area contributed by atoms with Crippen LogP contribution in [0, 0.1) is 5.41 Å². The Morgan fingerprint density at radius 1 is 1.25 bits per heavy atom. The summed E-state index contributed by atoms with van der Waals surface area (Å²) >= 11 is 0. The van der Waals surface area contributed by atoms with Crippen molar-refractivity contribution in [2.45, 2.75) is 39.2 Å². The van der Waals surface area contributed by atoms with Crippen molar-refractivity contribution in [3.05, 3.63) is 29.8 Å². The second-order valence-electron chi connectivity index (χ2n) is 6.48. The third kappa shape index (κ3) is 5.41. The summed E-state index contributed by atoms with van der Waals surface area (Å²) in [6, 6.07) is 8.11. The van der Waals surface area contributed by atoms with E-state index in [0.717, 1.165) is 24.8 Å². The Labute approximate surface area is 145 Å². The van der Waals surface area contributed by atoms with E-state index >= 15 is 0 Å². The molecule has 2 rings (SSSR count). The summed E-state index contributed by atoms with van der Waals surface area (Å²) in [6.45, 7) is 5.17. The minimum absolute atomic E-state index is 0.479. The van der Waals surface area contributed by atoms with Crippen LogP contribution in [0.3, 0.4) is 0 Å². The minimum atomic E-state index is 0.479. The maximum Gasteiger partial charge on any atom is 0.191 e. The van der Waals surface area contributed by atoms with Crippen molar-refractivity contribution in [3.63, 3.8) is 0 Å². The molecule has 1 fully saturated rings. The van der Waals surface area contributed by atoms with Gasteiger partial charge in [-0.25, -0.2) is 0 Å². The van der Waals surface area contributed by atoms with Crippen LogP contribution < -0.4 is 15.4 Å². The van der Waals surface area contributed by atoms with E-state index < -0.39 is 0 Å². The van der Waals surface area contributed by atoms with Crippen molar-refractivity contribution >= 4 is 5.96 Å². The van der Waals surface area contributed by atoms with Gasteiger partial charge < -0.3 is 20.1 Å². The number of nitrogens with one attached hydrogen (secondary N) is 2. The lowest BCUT2D eigenvalue weighted by Gasteiger charge is -2.41. The number of methoxy groups -OCH3 is 1. The smallest absolute Gasteiger partial charge is 0.191 e. The molecule has 1 aromatic carbocycles. The van der Waals surface area contributed by atoms with Crippen LogP contribution in [0.15, 0.2) is 29.3 Å². The largest absolute Gasteiger partial charge is 0.491 e. The molecule has 134 valence electrons. The third-order valence-electron chi connectivity index (χ3n) is 4.93. The van der Waals surface area contributed by atoms with Crippen LogP contribution in [0.1, 0.15) is 38.2 Å². The van der Waals surface area contributed by atoms with E-state index in [9.17, 15) is 0 Å². The van der Waals surface area contributed by atoms with Crippen LogP contribution in [0.5, 0.6) is 5.75 Å². The summed E-state index contributed by atoms with van der Waals surface area (Å²) < 4.78 is 10.7. The van der Waals surface area contributed by atoms with Crippen molar-refractivity contribution in [2.75, 3.05) is 33.9 Å². The van der Waals surface area contributed by atoms with E-state index in [1.54, 1.807) is 7.11 Å². The third-order valence-corrected chi connectivity index (χ3v) is 4.93. The monoisotopic (exact) mass is 333 g/mol. The van der Waals surface area contributed by atoms with Crippen molar-refractivity contribution in [1.82, 2.24) is 10.6 Å². The van der Waals surface area contributed by atoms with Crippen molar-refractivity contribution in [2.24, 2.45) is 10.4 Å². The highest BCUT2D eigenvalue weighted by molar-refractivity contribution is 5.79. The van der Waals surface area contributed by atoms with E-state index in [4.69, 9.17) is 9.47 Å². The molecule has 2 N–H and O–H groups in total. The highest BCUT2D eigenvalue weighted by atomic mass is 16.5. The molecule has 0 aliphatic heterocycles. The van der Waals surface area contributed by atoms with E-state index in [-0.39, 0.29) is 0 Å². The first-order valence-corrected chi connectivity index (χ1v) is 8.86. The fourth-order valence-electron chi connectivity index (χ4n) is 3.00. The summed E-state index contributed by atoms with van der Waals surface area (Å²) in [4.78, 5) is 4.33. The van der Waals surface area contributed by atoms with Gasteiger partial charge in [0.1, 0.15) is 12.4 Å². The molecule has 0 radical (unpaired) electrons. The molecule has 0 heterocycles. The van der Waals surface area contributed by atoms with E-state index in [0.29, 0.717) is 18.6 Å². The van der Waals surface area contributed by atoms with Crippen molar-refractivity contribution < 1.29 is 9.47 Å². The van der Waals surface area contributed by atoms with E-state index in [1.807, 2.05) is 19.2 Å². The van der Waals surface area contributed by atoms with Gasteiger partial charge in [0.2, 0.25) is 0 Å². The Bertz CT molecular complexity index is 522. The fraction of sp³-hybridized carbons (Fsp3) is 0.632. The van der Waals surface area contributed by atoms with Gasteiger partial charge in [-0.15, -0.1) is 0 Å². The van der Waals surface area contributed by atoms with Crippen LogP contribution in [-0.4, -0.2) is 39.9 Å². The molecule has 0 saturated heterocycles. The number of guanidine groups is 1. The average molecular weight is 333 g/mol. The first-order valence-electron chi connectivity index (χ1n) is 8.86. The molecule has 5 nitrogen and oxygen atoms in total. The van der Waals surface area contributed by atoms with Gasteiger partial charge in [0, 0.05) is 27.2 Å². The van der Waals surface area contributed by atoms with Crippen LogP contribution in [0.2, 0.25) is 0 Å². The number of benzene rings is 1. The normalized spacial score (nSPS) is 16.4. The van der Waals surface area contributed by atoms with Gasteiger partial charge in [0.25, 0.3) is 0 Å². The second-order valence-corrected chi connectivity index (χ2v) is 6.48. The van der Waals surface area contributed by atoms with Crippen LogP contribution in [0.25, 0.3) is 0 Å². The van der Waals surface area contributed by atoms with Crippen molar-refractivity contribution in [3.8, 4) is 5.75 Å². The van der Waals surface area contributed by atoms with Crippen LogP contribution in [0.4, 0.5) is 0 Å². The topological polar surface area (TPSA) is 54.9 Å². The fourth-order valence-corrected chi connectivity index (χ4v) is 3.00. The maximum absolute atomic E-state index is 5.65. The first-order chi connectivity index (χ1) is 11.7. The van der Waals surface area contributed by atoms with E-state index in [1.165, 1.54) is 31.2 Å². The van der Waals surface area contributed by atoms with Crippen LogP contribution in [-0.2, 0) is 11.3 Å². The van der Waals surface area contributed by atoms with Gasteiger partial charge >= 0.3 is 0 Å². The minimum Gasteiger partial charge on any atom is -0.491 e. The van der Waals surface area contributed by atoms with Gasteiger partial charge in [-0.1, -0.05) is 25.5 Å². The Morgan fingerprint density at radius 3 is 2.71 bits per heavy atom. The number of hydrogen-bond acceptors (Lipinski definition) is 3. The summed E-state index contributed by atoms with van der Waals surface area (Å²) in [5, 5.41) is 6.86. The molecule has 0 bridgehead atoms. The molecule has 0 aromatic heterocycles. The molecular weight excluding hydrogens is 302 g/mol. The molecule has 1 saturated carbocycles. The van der Waals surface area contributed by atoms with Crippen molar-refractivity contribution in [1.29, 1.82) is 0 Å². The van der Waals surface area contributed by atoms with Gasteiger partial charge in [-0.3, -0.25) is 4.99 Å². The van der Waals surface area contributed by atoms with Gasteiger partial charge in [0.05, 0.1) is 6.61 Å². The van der Waals surface area contributed by atoms with Crippen LogP contribution >= 0.6 is 0 Å². The summed E-state index contributed by atoms with van der Waals surface area (Å²) in [5.41, 5.74) is 1.65. The number of rotatable bonds is 9.